The Bertz CT molecular complexity index is 953. The number of piperazine rings is 1. The Morgan fingerprint density at radius 2 is 1.88 bits per heavy atom. The van der Waals surface area contributed by atoms with E-state index in [4.69, 9.17) is 9.72 Å². The molecular formula is C23H32N6O4. The van der Waals surface area contributed by atoms with E-state index in [0.29, 0.717) is 39.3 Å². The largest absolute Gasteiger partial charge is 0.509 e. The van der Waals surface area contributed by atoms with Gasteiger partial charge < -0.3 is 29.9 Å². The van der Waals surface area contributed by atoms with Crippen LogP contribution in [0, 0.1) is 0 Å². The molecule has 1 aromatic heterocycles. The first-order valence-corrected chi connectivity index (χ1v) is 11.0. The number of ether oxygens (including phenoxy) is 1. The van der Waals surface area contributed by atoms with Crippen LogP contribution in [-0.2, 0) is 22.6 Å². The third kappa shape index (κ3) is 6.24. The van der Waals surface area contributed by atoms with Crippen LogP contribution >= 0.6 is 0 Å². The van der Waals surface area contributed by atoms with Crippen molar-refractivity contribution >= 4 is 17.6 Å². The summed E-state index contributed by atoms with van der Waals surface area (Å²) in [6, 6.07) is 0.258. The fraction of sp³-hybridized carbons (Fsp3) is 0.478. The van der Waals surface area contributed by atoms with Gasteiger partial charge in [-0.05, 0) is 25.5 Å². The molecule has 1 saturated heterocycles. The molecule has 178 valence electrons. The zero-order valence-electron chi connectivity index (χ0n) is 19.3. The van der Waals surface area contributed by atoms with E-state index in [1.165, 1.54) is 13.0 Å². The molecule has 0 unspecified atom stereocenters. The van der Waals surface area contributed by atoms with Crippen molar-refractivity contribution in [3.05, 3.63) is 48.0 Å². The minimum atomic E-state index is -0.124. The summed E-state index contributed by atoms with van der Waals surface area (Å²) in [4.78, 5) is 38.5. The molecule has 0 atom stereocenters. The zero-order chi connectivity index (χ0) is 24.0. The molecule has 2 aliphatic heterocycles. The van der Waals surface area contributed by atoms with Crippen molar-refractivity contribution in [2.75, 3.05) is 50.8 Å². The van der Waals surface area contributed by atoms with E-state index in [1.54, 1.807) is 11.0 Å². The molecule has 2 aliphatic rings. The van der Waals surface area contributed by atoms with Crippen molar-refractivity contribution < 1.29 is 19.4 Å². The summed E-state index contributed by atoms with van der Waals surface area (Å²) in [5.74, 6) is 0.648. The van der Waals surface area contributed by atoms with Crippen molar-refractivity contribution in [3.8, 4) is 6.01 Å². The molecular weight excluding hydrogens is 424 g/mol. The number of amides is 2. The van der Waals surface area contributed by atoms with Crippen molar-refractivity contribution in [2.45, 2.75) is 26.8 Å². The van der Waals surface area contributed by atoms with Crippen LogP contribution in [0.5, 0.6) is 6.01 Å². The van der Waals surface area contributed by atoms with Gasteiger partial charge in [0, 0.05) is 50.9 Å². The molecule has 2 N–H and O–H groups in total. The van der Waals surface area contributed by atoms with E-state index in [2.05, 4.69) is 33.3 Å². The fourth-order valence-electron chi connectivity index (χ4n) is 3.99. The Morgan fingerprint density at radius 1 is 1.15 bits per heavy atom. The molecule has 33 heavy (non-hydrogen) atoms. The molecule has 0 spiro atoms. The maximum atomic E-state index is 11.9. The monoisotopic (exact) mass is 456 g/mol. The van der Waals surface area contributed by atoms with Crippen LogP contribution in [0.1, 0.15) is 25.1 Å². The summed E-state index contributed by atoms with van der Waals surface area (Å²) in [7, 11) is 0. The first-order valence-electron chi connectivity index (χ1n) is 11.0. The normalized spacial score (nSPS) is 16.2. The number of rotatable bonds is 8. The highest BCUT2D eigenvalue weighted by Crippen LogP contribution is 2.30. The van der Waals surface area contributed by atoms with Gasteiger partial charge in [0.1, 0.15) is 18.2 Å². The van der Waals surface area contributed by atoms with Gasteiger partial charge >= 0.3 is 6.01 Å². The minimum absolute atomic E-state index is 0.00982. The number of hydrogen-bond acceptors (Lipinski definition) is 8. The third-order valence-electron chi connectivity index (χ3n) is 5.67. The summed E-state index contributed by atoms with van der Waals surface area (Å²) in [6.07, 6.45) is 3.72. The predicted octanol–water partition coefficient (Wildman–Crippen LogP) is 1.16. The van der Waals surface area contributed by atoms with Gasteiger partial charge in [-0.3, -0.25) is 9.59 Å². The standard InChI is InChI=1S/C23H32N6O4/c1-5-21(32)27-9-11-28(12-10-27)22-19-6-8-29(16(2)14-17(3)30)15-20(19)25-23(26-22)33-13-7-24-18(4)31/h5,14,30H,1,3,6-13,15H2,2,4H3,(H,24,31)/b16-14+. The van der Waals surface area contributed by atoms with Crippen LogP contribution in [0.3, 0.4) is 0 Å². The summed E-state index contributed by atoms with van der Waals surface area (Å²) in [5.41, 5.74) is 2.83. The van der Waals surface area contributed by atoms with Crippen molar-refractivity contribution in [1.29, 1.82) is 0 Å². The average molecular weight is 457 g/mol. The lowest BCUT2D eigenvalue weighted by Crippen LogP contribution is -2.49. The molecule has 2 amide bonds. The Balaban J connectivity index is 1.83. The molecule has 0 radical (unpaired) electrons. The molecule has 10 nitrogen and oxygen atoms in total. The Labute approximate surface area is 194 Å². The molecule has 10 heteroatoms. The Morgan fingerprint density at radius 3 is 2.52 bits per heavy atom. The van der Waals surface area contributed by atoms with Crippen molar-refractivity contribution in [3.63, 3.8) is 0 Å². The molecule has 3 heterocycles. The van der Waals surface area contributed by atoms with E-state index < -0.39 is 0 Å². The fourth-order valence-corrected chi connectivity index (χ4v) is 3.99. The van der Waals surface area contributed by atoms with Crippen molar-refractivity contribution in [2.24, 2.45) is 0 Å². The van der Waals surface area contributed by atoms with Gasteiger partial charge in [-0.2, -0.15) is 9.97 Å². The van der Waals surface area contributed by atoms with E-state index in [1.807, 2.05) is 6.92 Å². The summed E-state index contributed by atoms with van der Waals surface area (Å²) >= 11 is 0. The molecule has 1 aromatic rings. The first kappa shape index (κ1) is 24.1. The van der Waals surface area contributed by atoms with Gasteiger partial charge in [-0.25, -0.2) is 0 Å². The number of aliphatic hydroxyl groups excluding tert-OH is 1. The summed E-state index contributed by atoms with van der Waals surface area (Å²) in [5, 5.41) is 12.2. The molecule has 0 aliphatic carbocycles. The number of nitrogens with one attached hydrogen (secondary N) is 1. The lowest BCUT2D eigenvalue weighted by atomic mass is 10.0. The van der Waals surface area contributed by atoms with Gasteiger partial charge in [0.25, 0.3) is 0 Å². The van der Waals surface area contributed by atoms with Gasteiger partial charge in [0.05, 0.1) is 18.8 Å². The number of carbonyl (C=O) groups excluding carboxylic acids is 2. The lowest BCUT2D eigenvalue weighted by molar-refractivity contribution is -0.126. The molecule has 0 saturated carbocycles. The van der Waals surface area contributed by atoms with Crippen LogP contribution in [0.4, 0.5) is 5.82 Å². The highest BCUT2D eigenvalue weighted by molar-refractivity contribution is 5.87. The Hall–Kier alpha value is -3.56. The smallest absolute Gasteiger partial charge is 0.318 e. The third-order valence-corrected chi connectivity index (χ3v) is 5.67. The van der Waals surface area contributed by atoms with Crippen LogP contribution in [0.25, 0.3) is 0 Å². The summed E-state index contributed by atoms with van der Waals surface area (Å²) in [6.45, 7) is 14.9. The molecule has 0 aromatic carbocycles. The van der Waals surface area contributed by atoms with Gasteiger partial charge in [-0.15, -0.1) is 0 Å². The SMILES string of the molecule is C=CC(=O)N1CCN(c2nc(OCCNC(C)=O)nc3c2CCN(/C(C)=C/C(=C)O)C3)CC1. The second-order valence-corrected chi connectivity index (χ2v) is 8.05. The highest BCUT2D eigenvalue weighted by atomic mass is 16.5. The molecule has 3 rings (SSSR count). The Kier molecular flexibility index (Phi) is 7.92. The van der Waals surface area contributed by atoms with Gasteiger partial charge in [0.2, 0.25) is 11.8 Å². The van der Waals surface area contributed by atoms with Gasteiger partial charge in [-0.1, -0.05) is 13.2 Å². The minimum Gasteiger partial charge on any atom is -0.509 e. The average Bonchev–Trinajstić information content (AvgIpc) is 2.80. The number of hydrogen-bond donors (Lipinski definition) is 2. The number of allylic oxidation sites excluding steroid dienone is 2. The van der Waals surface area contributed by atoms with Crippen LogP contribution < -0.4 is 15.0 Å². The second kappa shape index (κ2) is 10.8. The number of anilines is 1. The van der Waals surface area contributed by atoms with E-state index >= 15 is 0 Å². The van der Waals surface area contributed by atoms with Crippen molar-refractivity contribution in [1.82, 2.24) is 25.1 Å². The quantitative estimate of drug-likeness (QED) is 0.260. The zero-order valence-corrected chi connectivity index (χ0v) is 19.3. The predicted molar refractivity (Wildman–Crippen MR) is 125 cm³/mol. The maximum Gasteiger partial charge on any atom is 0.318 e. The number of fused-ring (bicyclic) bond motifs is 1. The number of aromatic nitrogens is 2. The topological polar surface area (TPSA) is 111 Å². The van der Waals surface area contributed by atoms with Gasteiger partial charge in [0.15, 0.2) is 0 Å². The van der Waals surface area contributed by atoms with Crippen LogP contribution in [0.2, 0.25) is 0 Å². The first-order chi connectivity index (χ1) is 15.8. The number of aliphatic hydroxyl groups is 1. The number of nitrogens with zero attached hydrogens (tertiary/aromatic N) is 5. The maximum absolute atomic E-state index is 11.9. The second-order valence-electron chi connectivity index (χ2n) is 8.05. The number of carbonyl (C=O) groups is 2. The molecule has 1 fully saturated rings. The van der Waals surface area contributed by atoms with Crippen LogP contribution in [0.15, 0.2) is 36.8 Å². The lowest BCUT2D eigenvalue weighted by Gasteiger charge is -2.38. The van der Waals surface area contributed by atoms with E-state index in [-0.39, 0.29) is 30.2 Å². The van der Waals surface area contributed by atoms with Crippen LogP contribution in [-0.4, -0.2) is 82.6 Å². The molecule has 0 bridgehead atoms. The van der Waals surface area contributed by atoms with E-state index in [9.17, 15) is 14.7 Å². The highest BCUT2D eigenvalue weighted by Gasteiger charge is 2.28. The van der Waals surface area contributed by atoms with E-state index in [0.717, 1.165) is 35.7 Å². The summed E-state index contributed by atoms with van der Waals surface area (Å²) < 4.78 is 5.76.